The van der Waals surface area contributed by atoms with Crippen LogP contribution in [0.2, 0.25) is 5.02 Å². The number of nitrogens with zero attached hydrogens (tertiary/aromatic N) is 1. The minimum atomic E-state index is -3.16. The second kappa shape index (κ2) is 6.98. The Bertz CT molecular complexity index is 653. The molecular formula is C15H21ClN2O3S. The Morgan fingerprint density at radius 2 is 2.00 bits per heavy atom. The third-order valence-electron chi connectivity index (χ3n) is 4.11. The van der Waals surface area contributed by atoms with Gasteiger partial charge in [0.25, 0.3) is 0 Å². The second-order valence-electron chi connectivity index (χ2n) is 5.48. The van der Waals surface area contributed by atoms with E-state index in [1.807, 2.05) is 13.0 Å². The zero-order valence-corrected chi connectivity index (χ0v) is 14.4. The maximum absolute atomic E-state index is 12.3. The normalized spacial score (nSPS) is 17.4. The molecule has 0 bridgehead atoms. The van der Waals surface area contributed by atoms with E-state index >= 15 is 0 Å². The Morgan fingerprint density at radius 3 is 2.59 bits per heavy atom. The molecule has 22 heavy (non-hydrogen) atoms. The van der Waals surface area contributed by atoms with Gasteiger partial charge in [-0.3, -0.25) is 4.79 Å². The van der Waals surface area contributed by atoms with Crippen LogP contribution in [0, 0.1) is 12.8 Å². The lowest BCUT2D eigenvalue weighted by atomic mass is 9.97. The van der Waals surface area contributed by atoms with Crippen LogP contribution in [0.3, 0.4) is 0 Å². The Kier molecular flexibility index (Phi) is 5.47. The second-order valence-corrected chi connectivity index (χ2v) is 8.14. The summed E-state index contributed by atoms with van der Waals surface area (Å²) >= 11 is 6.04. The minimum Gasteiger partial charge on any atom is -0.326 e. The van der Waals surface area contributed by atoms with Crippen molar-refractivity contribution in [2.45, 2.75) is 26.7 Å². The molecule has 0 aliphatic carbocycles. The van der Waals surface area contributed by atoms with Crippen LogP contribution in [0.4, 0.5) is 5.69 Å². The summed E-state index contributed by atoms with van der Waals surface area (Å²) in [4.78, 5) is 12.3. The largest absolute Gasteiger partial charge is 0.326 e. The van der Waals surface area contributed by atoms with E-state index in [0.29, 0.717) is 36.6 Å². The molecule has 0 spiro atoms. The van der Waals surface area contributed by atoms with Gasteiger partial charge in [0.05, 0.1) is 5.75 Å². The molecule has 0 unspecified atom stereocenters. The number of halogens is 1. The number of amides is 1. The van der Waals surface area contributed by atoms with Crippen LogP contribution in [-0.4, -0.2) is 37.5 Å². The van der Waals surface area contributed by atoms with Crippen molar-refractivity contribution in [3.8, 4) is 0 Å². The number of benzene rings is 1. The van der Waals surface area contributed by atoms with E-state index in [2.05, 4.69) is 5.32 Å². The highest BCUT2D eigenvalue weighted by atomic mass is 35.5. The minimum absolute atomic E-state index is 0.0705. The Labute approximate surface area is 136 Å². The molecule has 1 aliphatic heterocycles. The maximum atomic E-state index is 12.3. The maximum Gasteiger partial charge on any atom is 0.227 e. The van der Waals surface area contributed by atoms with Gasteiger partial charge >= 0.3 is 0 Å². The van der Waals surface area contributed by atoms with Crippen molar-refractivity contribution in [3.05, 3.63) is 28.8 Å². The molecule has 1 amide bonds. The summed E-state index contributed by atoms with van der Waals surface area (Å²) in [5.41, 5.74) is 1.55. The fraction of sp³-hybridized carbons (Fsp3) is 0.533. The first-order valence-corrected chi connectivity index (χ1v) is 9.37. The van der Waals surface area contributed by atoms with Crippen LogP contribution < -0.4 is 5.32 Å². The molecule has 0 atom stereocenters. The van der Waals surface area contributed by atoms with E-state index in [-0.39, 0.29) is 17.6 Å². The van der Waals surface area contributed by atoms with Gasteiger partial charge in [0.2, 0.25) is 15.9 Å². The van der Waals surface area contributed by atoms with E-state index in [1.54, 1.807) is 19.1 Å². The highest BCUT2D eigenvalue weighted by Gasteiger charge is 2.30. The van der Waals surface area contributed by atoms with Crippen molar-refractivity contribution < 1.29 is 13.2 Å². The van der Waals surface area contributed by atoms with Gasteiger partial charge in [-0.25, -0.2) is 12.7 Å². The smallest absolute Gasteiger partial charge is 0.227 e. The van der Waals surface area contributed by atoms with Crippen LogP contribution in [0.15, 0.2) is 18.2 Å². The molecule has 0 radical (unpaired) electrons. The quantitative estimate of drug-likeness (QED) is 0.913. The summed E-state index contributed by atoms with van der Waals surface area (Å²) in [6.07, 6.45) is 1.09. The molecule has 1 aromatic carbocycles. The Morgan fingerprint density at radius 1 is 1.36 bits per heavy atom. The molecule has 5 nitrogen and oxygen atoms in total. The zero-order valence-electron chi connectivity index (χ0n) is 12.8. The summed E-state index contributed by atoms with van der Waals surface area (Å²) in [6, 6.07) is 5.39. The first-order valence-electron chi connectivity index (χ1n) is 7.39. The van der Waals surface area contributed by atoms with Crippen LogP contribution >= 0.6 is 11.6 Å². The fourth-order valence-electron chi connectivity index (χ4n) is 2.56. The average Bonchev–Trinajstić information content (AvgIpc) is 2.52. The van der Waals surface area contributed by atoms with Crippen molar-refractivity contribution >= 4 is 33.2 Å². The van der Waals surface area contributed by atoms with Gasteiger partial charge < -0.3 is 5.32 Å². The number of hydrogen-bond donors (Lipinski definition) is 1. The molecule has 1 N–H and O–H groups in total. The summed E-state index contributed by atoms with van der Waals surface area (Å²) in [7, 11) is -3.16. The number of hydrogen-bond acceptors (Lipinski definition) is 3. The van der Waals surface area contributed by atoms with Gasteiger partial charge in [-0.05, 0) is 44.4 Å². The molecule has 1 aromatic rings. The number of nitrogens with one attached hydrogen (secondary N) is 1. The monoisotopic (exact) mass is 344 g/mol. The molecule has 1 saturated heterocycles. The lowest BCUT2D eigenvalue weighted by Gasteiger charge is -2.30. The summed E-state index contributed by atoms with van der Waals surface area (Å²) in [5.74, 6) is -0.133. The third kappa shape index (κ3) is 3.80. The molecule has 1 aliphatic rings. The highest BCUT2D eigenvalue weighted by molar-refractivity contribution is 7.89. The van der Waals surface area contributed by atoms with E-state index in [1.165, 1.54) is 4.31 Å². The molecule has 1 heterocycles. The molecule has 1 fully saturated rings. The number of rotatable bonds is 4. The van der Waals surface area contributed by atoms with Crippen LogP contribution in [0.5, 0.6) is 0 Å². The van der Waals surface area contributed by atoms with Gasteiger partial charge in [-0.2, -0.15) is 0 Å². The Balaban J connectivity index is 1.97. The average molecular weight is 345 g/mol. The SMILES string of the molecule is CCS(=O)(=O)N1CCC(C(=O)Nc2cccc(Cl)c2C)CC1. The van der Waals surface area contributed by atoms with Crippen LogP contribution in [-0.2, 0) is 14.8 Å². The van der Waals surface area contributed by atoms with Crippen molar-refractivity contribution in [1.29, 1.82) is 0 Å². The standard InChI is InChI=1S/C15H21ClN2O3S/c1-3-22(20,21)18-9-7-12(8-10-18)15(19)17-14-6-4-5-13(16)11(14)2/h4-6,12H,3,7-10H2,1-2H3,(H,17,19). The van der Waals surface area contributed by atoms with Gasteiger partial charge in [0.1, 0.15) is 0 Å². The Hall–Kier alpha value is -1.11. The predicted octanol–water partition coefficient (Wildman–Crippen LogP) is 2.65. The highest BCUT2D eigenvalue weighted by Crippen LogP contribution is 2.25. The first kappa shape index (κ1) is 17.2. The summed E-state index contributed by atoms with van der Waals surface area (Å²) in [6.45, 7) is 4.30. The van der Waals surface area contributed by atoms with Gasteiger partial charge in [-0.1, -0.05) is 17.7 Å². The molecule has 122 valence electrons. The number of carbonyl (C=O) groups excluding carboxylic acids is 1. The lowest BCUT2D eigenvalue weighted by Crippen LogP contribution is -2.42. The van der Waals surface area contributed by atoms with Crippen molar-refractivity contribution in [3.63, 3.8) is 0 Å². The van der Waals surface area contributed by atoms with E-state index < -0.39 is 10.0 Å². The van der Waals surface area contributed by atoms with Gasteiger partial charge in [0, 0.05) is 29.7 Å². The molecule has 2 rings (SSSR count). The van der Waals surface area contributed by atoms with Gasteiger partial charge in [0.15, 0.2) is 0 Å². The van der Waals surface area contributed by atoms with Gasteiger partial charge in [-0.15, -0.1) is 0 Å². The van der Waals surface area contributed by atoms with E-state index in [9.17, 15) is 13.2 Å². The fourth-order valence-corrected chi connectivity index (χ4v) is 3.86. The molecule has 7 heteroatoms. The summed E-state index contributed by atoms with van der Waals surface area (Å²) in [5, 5.41) is 3.51. The van der Waals surface area contributed by atoms with E-state index in [0.717, 1.165) is 5.56 Å². The van der Waals surface area contributed by atoms with Crippen LogP contribution in [0.25, 0.3) is 0 Å². The number of piperidine rings is 1. The number of anilines is 1. The van der Waals surface area contributed by atoms with Crippen molar-refractivity contribution in [2.24, 2.45) is 5.92 Å². The van der Waals surface area contributed by atoms with Crippen molar-refractivity contribution in [1.82, 2.24) is 4.31 Å². The predicted molar refractivity (Wildman–Crippen MR) is 88.6 cm³/mol. The van der Waals surface area contributed by atoms with Crippen LogP contribution in [0.1, 0.15) is 25.3 Å². The topological polar surface area (TPSA) is 66.5 Å². The zero-order chi connectivity index (χ0) is 16.3. The molecule has 0 aromatic heterocycles. The lowest BCUT2D eigenvalue weighted by molar-refractivity contribution is -0.120. The van der Waals surface area contributed by atoms with Crippen molar-refractivity contribution in [2.75, 3.05) is 24.2 Å². The molecule has 0 saturated carbocycles. The number of carbonyl (C=O) groups is 1. The molecular weight excluding hydrogens is 324 g/mol. The third-order valence-corrected chi connectivity index (χ3v) is 6.40. The van der Waals surface area contributed by atoms with E-state index in [4.69, 9.17) is 11.6 Å². The summed E-state index contributed by atoms with van der Waals surface area (Å²) < 4.78 is 25.1. The number of sulfonamides is 1. The first-order chi connectivity index (χ1) is 10.3.